The first-order valence-corrected chi connectivity index (χ1v) is 14.3. The molecule has 204 valence electrons. The van der Waals surface area contributed by atoms with E-state index >= 15 is 0 Å². The van der Waals surface area contributed by atoms with Gasteiger partial charge in [-0.1, -0.05) is 72.8 Å². The zero-order valence-corrected chi connectivity index (χ0v) is 24.3. The number of urea groups is 1. The zero-order chi connectivity index (χ0) is 27.9. The molecule has 3 aromatic carbocycles. The van der Waals surface area contributed by atoms with Crippen LogP contribution >= 0.6 is 27.5 Å². The van der Waals surface area contributed by atoms with Crippen molar-refractivity contribution < 1.29 is 9.18 Å². The number of amides is 2. The third-order valence-electron chi connectivity index (χ3n) is 6.63. The highest BCUT2D eigenvalue weighted by Gasteiger charge is 2.29. The van der Waals surface area contributed by atoms with Crippen LogP contribution in [0.2, 0.25) is 5.02 Å². The highest BCUT2D eigenvalue weighted by atomic mass is 79.9. The van der Waals surface area contributed by atoms with Crippen LogP contribution in [0.1, 0.15) is 57.8 Å². The molecule has 4 aromatic rings. The molecule has 0 saturated carbocycles. The molecular weight excluding hydrogens is 583 g/mol. The molecule has 39 heavy (non-hydrogen) atoms. The van der Waals surface area contributed by atoms with Crippen LogP contribution in [0.15, 0.2) is 76.0 Å². The van der Waals surface area contributed by atoms with Crippen LogP contribution in [0.25, 0.3) is 16.6 Å². The lowest BCUT2D eigenvalue weighted by Gasteiger charge is -2.32. The van der Waals surface area contributed by atoms with Gasteiger partial charge in [-0.25, -0.2) is 14.2 Å². The Morgan fingerprint density at radius 3 is 2.51 bits per heavy atom. The number of anilines is 1. The first-order chi connectivity index (χ1) is 18.8. The van der Waals surface area contributed by atoms with Gasteiger partial charge in [-0.2, -0.15) is 0 Å². The van der Waals surface area contributed by atoms with E-state index in [1.807, 2.05) is 37.3 Å². The van der Waals surface area contributed by atoms with Gasteiger partial charge in [0.2, 0.25) is 0 Å². The number of carbonyl (C=O) groups excluding carboxylic acids is 1. The van der Waals surface area contributed by atoms with E-state index in [0.29, 0.717) is 41.1 Å². The van der Waals surface area contributed by atoms with Crippen LogP contribution in [0.4, 0.5) is 14.9 Å². The van der Waals surface area contributed by atoms with Crippen molar-refractivity contribution in [3.8, 4) is 5.69 Å². The number of rotatable bonds is 10. The highest BCUT2D eigenvalue weighted by Crippen LogP contribution is 2.29. The topological polar surface area (TPSA) is 67.2 Å². The summed E-state index contributed by atoms with van der Waals surface area (Å²) >= 11 is 9.55. The van der Waals surface area contributed by atoms with Gasteiger partial charge in [-0.05, 0) is 67.4 Å². The zero-order valence-electron chi connectivity index (χ0n) is 22.0. The van der Waals surface area contributed by atoms with Gasteiger partial charge in [0.1, 0.15) is 11.6 Å². The fraction of sp³-hybridized carbons (Fsp3) is 0.300. The number of para-hydroxylation sites is 1. The van der Waals surface area contributed by atoms with E-state index in [1.165, 1.54) is 22.8 Å². The molecule has 0 saturated heterocycles. The molecule has 1 N–H and O–H groups in total. The average Bonchev–Trinajstić information content (AvgIpc) is 2.93. The molecule has 0 aliphatic rings. The SMILES string of the molecule is CCCCCCN(C(=O)Nc1ccc(Br)cc1)C(CC)c1nc2ccccc2c(=O)n1-c1ccc(F)c(Cl)c1. The number of hydrogen-bond acceptors (Lipinski definition) is 3. The second kappa shape index (κ2) is 13.2. The van der Waals surface area contributed by atoms with Crippen LogP contribution in [0, 0.1) is 5.82 Å². The molecule has 1 atom stereocenters. The number of fused-ring (bicyclic) bond motifs is 1. The van der Waals surface area contributed by atoms with Gasteiger partial charge < -0.3 is 10.2 Å². The maximum atomic E-state index is 14.1. The largest absolute Gasteiger partial charge is 0.322 e. The maximum absolute atomic E-state index is 14.1. The van der Waals surface area contributed by atoms with E-state index in [-0.39, 0.29) is 16.6 Å². The molecule has 1 heterocycles. The van der Waals surface area contributed by atoms with Crippen molar-refractivity contribution in [2.24, 2.45) is 0 Å². The Morgan fingerprint density at radius 2 is 1.82 bits per heavy atom. The number of carbonyl (C=O) groups is 1. The van der Waals surface area contributed by atoms with Crippen LogP contribution < -0.4 is 10.9 Å². The van der Waals surface area contributed by atoms with Gasteiger partial charge in [0.25, 0.3) is 5.56 Å². The number of benzene rings is 3. The van der Waals surface area contributed by atoms with Gasteiger partial charge in [0.05, 0.1) is 27.7 Å². The first-order valence-electron chi connectivity index (χ1n) is 13.1. The number of nitrogens with zero attached hydrogens (tertiary/aromatic N) is 3. The third-order valence-corrected chi connectivity index (χ3v) is 7.45. The van der Waals surface area contributed by atoms with Crippen LogP contribution in [0.5, 0.6) is 0 Å². The summed E-state index contributed by atoms with van der Waals surface area (Å²) in [6.07, 6.45) is 4.41. The van der Waals surface area contributed by atoms with E-state index in [1.54, 1.807) is 23.1 Å². The van der Waals surface area contributed by atoms with E-state index in [4.69, 9.17) is 16.6 Å². The maximum Gasteiger partial charge on any atom is 0.322 e. The summed E-state index contributed by atoms with van der Waals surface area (Å²) in [5.74, 6) is -0.187. The second-order valence-electron chi connectivity index (χ2n) is 9.34. The van der Waals surface area contributed by atoms with E-state index in [2.05, 4.69) is 28.2 Å². The smallest absolute Gasteiger partial charge is 0.314 e. The second-order valence-corrected chi connectivity index (χ2v) is 10.7. The fourth-order valence-corrected chi connectivity index (χ4v) is 5.06. The van der Waals surface area contributed by atoms with Crippen molar-refractivity contribution in [3.05, 3.63) is 98.2 Å². The predicted octanol–water partition coefficient (Wildman–Crippen LogP) is 8.51. The number of unbranched alkanes of at least 4 members (excludes halogenated alkanes) is 3. The summed E-state index contributed by atoms with van der Waals surface area (Å²) in [5, 5.41) is 3.32. The summed E-state index contributed by atoms with van der Waals surface area (Å²) in [6.45, 7) is 4.58. The van der Waals surface area contributed by atoms with Crippen molar-refractivity contribution in [2.75, 3.05) is 11.9 Å². The average molecular weight is 614 g/mol. The Kier molecular flexibility index (Phi) is 9.75. The molecule has 1 unspecified atom stereocenters. The monoisotopic (exact) mass is 612 g/mol. The molecule has 6 nitrogen and oxygen atoms in total. The van der Waals surface area contributed by atoms with Crippen molar-refractivity contribution in [1.82, 2.24) is 14.5 Å². The number of hydrogen-bond donors (Lipinski definition) is 1. The van der Waals surface area contributed by atoms with Gasteiger partial charge in [-0.3, -0.25) is 9.36 Å². The Morgan fingerprint density at radius 1 is 1.08 bits per heavy atom. The van der Waals surface area contributed by atoms with Gasteiger partial charge >= 0.3 is 6.03 Å². The lowest BCUT2D eigenvalue weighted by atomic mass is 10.1. The van der Waals surface area contributed by atoms with Crippen molar-refractivity contribution in [2.45, 2.75) is 52.0 Å². The summed E-state index contributed by atoms with van der Waals surface area (Å²) in [4.78, 5) is 34.2. The van der Waals surface area contributed by atoms with E-state index < -0.39 is 11.9 Å². The van der Waals surface area contributed by atoms with Gasteiger partial charge in [-0.15, -0.1) is 0 Å². The molecule has 0 bridgehead atoms. The fourth-order valence-electron chi connectivity index (χ4n) is 4.63. The summed E-state index contributed by atoms with van der Waals surface area (Å²) < 4.78 is 16.4. The molecule has 1 aromatic heterocycles. The number of halogens is 3. The van der Waals surface area contributed by atoms with Crippen molar-refractivity contribution in [1.29, 1.82) is 0 Å². The molecule has 0 fully saturated rings. The molecule has 0 spiro atoms. The molecule has 0 aliphatic heterocycles. The Labute approximate surface area is 240 Å². The minimum absolute atomic E-state index is 0.101. The Bertz CT molecular complexity index is 1510. The molecular formula is C30H31BrClFN4O2. The third kappa shape index (κ3) is 6.68. The number of nitrogens with one attached hydrogen (secondary N) is 1. The quantitative estimate of drug-likeness (QED) is 0.182. The Balaban J connectivity index is 1.85. The van der Waals surface area contributed by atoms with Crippen molar-refractivity contribution >= 4 is 50.2 Å². The lowest BCUT2D eigenvalue weighted by Crippen LogP contribution is -2.41. The molecule has 2 amide bonds. The lowest BCUT2D eigenvalue weighted by molar-refractivity contribution is 0.179. The van der Waals surface area contributed by atoms with Crippen LogP contribution in [-0.2, 0) is 0 Å². The minimum atomic E-state index is -0.581. The minimum Gasteiger partial charge on any atom is -0.314 e. The molecule has 0 radical (unpaired) electrons. The summed E-state index contributed by atoms with van der Waals surface area (Å²) in [6, 6.07) is 17.8. The standard InChI is InChI=1S/C30H31BrClFN4O2/c1-3-5-6-9-18-36(30(39)34-21-14-12-20(31)13-15-21)27(4-2)28-35-26-11-8-7-10-23(26)29(38)37(28)22-16-17-25(33)24(32)19-22/h7-8,10-17,19,27H,3-6,9,18H2,1-2H3,(H,34,39). The predicted molar refractivity (Wildman–Crippen MR) is 159 cm³/mol. The number of aromatic nitrogens is 2. The van der Waals surface area contributed by atoms with E-state index in [0.717, 1.165) is 30.2 Å². The summed E-state index contributed by atoms with van der Waals surface area (Å²) in [7, 11) is 0. The normalized spacial score (nSPS) is 11.9. The molecule has 4 rings (SSSR count). The van der Waals surface area contributed by atoms with E-state index in [9.17, 15) is 14.0 Å². The van der Waals surface area contributed by atoms with Crippen LogP contribution in [-0.4, -0.2) is 27.0 Å². The van der Waals surface area contributed by atoms with Gasteiger partial charge in [0, 0.05) is 16.7 Å². The van der Waals surface area contributed by atoms with Crippen molar-refractivity contribution in [3.63, 3.8) is 0 Å². The van der Waals surface area contributed by atoms with Crippen LogP contribution in [0.3, 0.4) is 0 Å². The summed E-state index contributed by atoms with van der Waals surface area (Å²) in [5.41, 5.74) is 1.26. The Hall–Kier alpha value is -3.23. The first kappa shape index (κ1) is 28.8. The molecule has 0 aliphatic carbocycles. The molecule has 9 heteroatoms. The highest BCUT2D eigenvalue weighted by molar-refractivity contribution is 9.10. The van der Waals surface area contributed by atoms with Gasteiger partial charge in [0.15, 0.2) is 0 Å².